The van der Waals surface area contributed by atoms with Crippen LogP contribution in [0, 0.1) is 90.7 Å². The van der Waals surface area contributed by atoms with E-state index in [9.17, 15) is 29.4 Å². The average Bonchev–Trinajstić information content (AvgIpc) is 3.93. The maximum Gasteiger partial charge on any atom is 0.138 e. The second-order valence-electron chi connectivity index (χ2n) is 29.1. The van der Waals surface area contributed by atoms with Gasteiger partial charge in [-0.15, -0.1) is 0 Å². The molecule has 9 aliphatic rings. The Balaban J connectivity index is 0.000000182. The molecule has 0 aromatic rings. The van der Waals surface area contributed by atoms with E-state index in [2.05, 4.69) is 96.1 Å². The average molecular weight is 929 g/mol. The number of rotatable bonds is 6. The summed E-state index contributed by atoms with van der Waals surface area (Å²) in [5.41, 5.74) is -1.13. The van der Waals surface area contributed by atoms with E-state index < -0.39 is 11.2 Å². The summed E-state index contributed by atoms with van der Waals surface area (Å²) in [6.07, 6.45) is 18.4. The lowest BCUT2D eigenvalue weighted by molar-refractivity contribution is -0.208. The van der Waals surface area contributed by atoms with Crippen molar-refractivity contribution in [3.63, 3.8) is 0 Å². The summed E-state index contributed by atoms with van der Waals surface area (Å²) in [7, 11) is 0. The molecule has 0 aromatic carbocycles. The van der Waals surface area contributed by atoms with Crippen molar-refractivity contribution in [1.82, 2.24) is 0 Å². The van der Waals surface area contributed by atoms with Gasteiger partial charge in [0.2, 0.25) is 0 Å². The molecule has 7 heteroatoms. The van der Waals surface area contributed by atoms with E-state index in [-0.39, 0.29) is 78.7 Å². The second-order valence-corrected chi connectivity index (χ2v) is 29.1. The third kappa shape index (κ3) is 7.35. The van der Waals surface area contributed by atoms with Gasteiger partial charge in [-0.25, -0.2) is 0 Å². The van der Waals surface area contributed by atoms with Crippen molar-refractivity contribution in [3.8, 4) is 0 Å². The van der Waals surface area contributed by atoms with Gasteiger partial charge in [-0.2, -0.15) is 0 Å². The molecule has 1 heterocycles. The fraction of sp³-hybridized carbons (Fsp3) is 0.900. The van der Waals surface area contributed by atoms with E-state index in [1.165, 1.54) is 5.57 Å². The lowest BCUT2D eigenvalue weighted by Crippen LogP contribution is -2.65. The van der Waals surface area contributed by atoms with Crippen molar-refractivity contribution in [1.29, 1.82) is 0 Å². The maximum absolute atomic E-state index is 14.1. The molecule has 8 saturated carbocycles. The molecule has 378 valence electrons. The lowest BCUT2D eigenvalue weighted by atomic mass is 9.35. The van der Waals surface area contributed by atoms with E-state index in [1.54, 1.807) is 0 Å². The monoisotopic (exact) mass is 929 g/mol. The van der Waals surface area contributed by atoms with Gasteiger partial charge in [0.05, 0.1) is 22.9 Å². The minimum absolute atomic E-state index is 0.0313. The quantitative estimate of drug-likeness (QED) is 0.255. The lowest BCUT2D eigenvalue weighted by Gasteiger charge is -2.68. The van der Waals surface area contributed by atoms with Crippen molar-refractivity contribution in [2.24, 2.45) is 90.7 Å². The number of hydrogen-bond donors (Lipinski definition) is 2. The molecule has 8 aliphatic carbocycles. The number of carbonyl (C=O) groups excluding carboxylic acids is 4. The number of fused-ring (bicyclic) bond motifs is 10. The molecule has 1 aliphatic heterocycles. The Labute approximate surface area is 407 Å². The molecule has 17 atom stereocenters. The number of hydrogen-bond acceptors (Lipinski definition) is 7. The van der Waals surface area contributed by atoms with Crippen LogP contribution in [0.5, 0.6) is 0 Å². The first-order chi connectivity index (χ1) is 30.6. The highest BCUT2D eigenvalue weighted by Gasteiger charge is 2.74. The van der Waals surface area contributed by atoms with Gasteiger partial charge in [0.1, 0.15) is 23.1 Å². The van der Waals surface area contributed by atoms with Gasteiger partial charge in [-0.1, -0.05) is 80.9 Å². The molecule has 0 radical (unpaired) electrons. The second kappa shape index (κ2) is 16.2. The summed E-state index contributed by atoms with van der Waals surface area (Å²) in [4.78, 5) is 53.8. The van der Waals surface area contributed by atoms with Crippen molar-refractivity contribution < 1.29 is 34.1 Å². The molecular weight excluding hydrogens is 833 g/mol. The van der Waals surface area contributed by atoms with Crippen LogP contribution in [0.3, 0.4) is 0 Å². The van der Waals surface area contributed by atoms with Crippen LogP contribution >= 0.6 is 0 Å². The van der Waals surface area contributed by atoms with Crippen LogP contribution in [0.25, 0.3) is 0 Å². The summed E-state index contributed by atoms with van der Waals surface area (Å²) in [6, 6.07) is 0. The Hall–Kier alpha value is -1.70. The summed E-state index contributed by atoms with van der Waals surface area (Å²) < 4.78 is 6.61. The van der Waals surface area contributed by atoms with Crippen LogP contribution in [-0.4, -0.2) is 56.3 Å². The van der Waals surface area contributed by atoms with E-state index in [4.69, 9.17) is 4.74 Å². The number of ketones is 4. The van der Waals surface area contributed by atoms with Gasteiger partial charge in [0.25, 0.3) is 0 Å². The molecule has 67 heavy (non-hydrogen) atoms. The Kier molecular flexibility index (Phi) is 12.5. The molecule has 9 fully saturated rings. The molecule has 9 unspecified atom stereocenters. The number of carbonyl (C=O) groups is 4. The standard InChI is InChI=1S/C30H48O4.C30H48O3/c1-25(2)20-10-15-28(6)21(27(20,5)13-11-22(25)32)17-19(31)24-18(9-14-29(24,28)7)30(8)16-12-23(34-30)26(3,4)33;1-19(2)10-9-14-30(8,33)20-11-16-29(7)25(20)21(31)18-23-27(5)15-13-24(32)26(3,4)22(27)12-17-28(23,29)6/h18,20-21,23-24,33H,9-17H2,1-8H3;10,20,22-23,25,33H,9,11-18H2,1-8H3/t18?,20?,21?,23?,24?,27-,28+,29+,30-;20?,22?,23?,25?,27-,28+,29+,30+/m00/s1. The van der Waals surface area contributed by atoms with Crippen LogP contribution in [0.15, 0.2) is 11.6 Å². The third-order valence-corrected chi connectivity index (χ3v) is 24.7. The first-order valence-corrected chi connectivity index (χ1v) is 27.5. The van der Waals surface area contributed by atoms with Crippen molar-refractivity contribution >= 4 is 23.1 Å². The van der Waals surface area contributed by atoms with Crippen LogP contribution in [0.4, 0.5) is 0 Å². The van der Waals surface area contributed by atoms with E-state index in [1.807, 2.05) is 20.8 Å². The van der Waals surface area contributed by atoms with E-state index in [0.29, 0.717) is 72.5 Å². The Bertz CT molecular complexity index is 2050. The molecule has 0 amide bonds. The van der Waals surface area contributed by atoms with Gasteiger partial charge < -0.3 is 14.9 Å². The van der Waals surface area contributed by atoms with Gasteiger partial charge in [0.15, 0.2) is 0 Å². The molecule has 2 N–H and O–H groups in total. The minimum atomic E-state index is -0.856. The highest BCUT2D eigenvalue weighted by molar-refractivity contribution is 5.88. The summed E-state index contributed by atoms with van der Waals surface area (Å²) in [6.45, 7) is 35.3. The van der Waals surface area contributed by atoms with Gasteiger partial charge in [-0.05, 0) is 199 Å². The fourth-order valence-corrected chi connectivity index (χ4v) is 20.3. The number of Topliss-reactive ketones (excluding diaryl/α,β-unsaturated/α-hetero) is 4. The highest BCUT2D eigenvalue weighted by atomic mass is 16.5. The molecule has 0 bridgehead atoms. The van der Waals surface area contributed by atoms with Gasteiger partial charge in [-0.3, -0.25) is 19.2 Å². The first kappa shape index (κ1) is 51.6. The number of aliphatic hydroxyl groups is 2. The SMILES string of the molecule is CC(C)(O)C1CC[C@@](C)(C2CC[C@]3(C)C2C(=O)CC2[C@@]4(C)CCC(=O)C(C)(C)C4CC[C@]23C)O1.CC(C)=CCC[C@@](C)(O)C1CC[C@]2(C)C1C(=O)CC1[C@@]3(C)CCC(=O)C(C)(C)C3CC[C@]12C. The number of allylic oxidation sites excluding steroid dienone is 2. The van der Waals surface area contributed by atoms with Gasteiger partial charge in [0, 0.05) is 48.3 Å². The molecule has 0 spiro atoms. The largest absolute Gasteiger partial charge is 0.390 e. The minimum Gasteiger partial charge on any atom is -0.390 e. The van der Waals surface area contributed by atoms with Crippen LogP contribution in [0.1, 0.15) is 226 Å². The molecular formula is C60H96O7. The zero-order valence-electron chi connectivity index (χ0n) is 45.4. The van der Waals surface area contributed by atoms with Crippen LogP contribution in [0.2, 0.25) is 0 Å². The van der Waals surface area contributed by atoms with Crippen molar-refractivity contribution in [3.05, 3.63) is 11.6 Å². The van der Waals surface area contributed by atoms with E-state index >= 15 is 0 Å². The molecule has 7 nitrogen and oxygen atoms in total. The smallest absolute Gasteiger partial charge is 0.138 e. The molecule has 0 aromatic heterocycles. The molecule has 1 saturated heterocycles. The summed E-state index contributed by atoms with van der Waals surface area (Å²) in [5, 5.41) is 22.2. The maximum atomic E-state index is 14.1. The predicted octanol–water partition coefficient (Wildman–Crippen LogP) is 13.0. The highest BCUT2D eigenvalue weighted by Crippen LogP contribution is 2.77. The predicted molar refractivity (Wildman–Crippen MR) is 267 cm³/mol. The molecule has 9 rings (SSSR count). The van der Waals surface area contributed by atoms with Crippen molar-refractivity contribution in [2.45, 2.75) is 249 Å². The zero-order chi connectivity index (χ0) is 49.7. The Morgan fingerprint density at radius 3 is 1.49 bits per heavy atom. The first-order valence-electron chi connectivity index (χ1n) is 27.5. The zero-order valence-corrected chi connectivity index (χ0v) is 45.4. The van der Waals surface area contributed by atoms with Crippen LogP contribution in [-0.2, 0) is 23.9 Å². The summed E-state index contributed by atoms with van der Waals surface area (Å²) >= 11 is 0. The van der Waals surface area contributed by atoms with E-state index in [0.717, 1.165) is 89.9 Å². The summed E-state index contributed by atoms with van der Waals surface area (Å²) in [5.74, 6) is 3.34. The Morgan fingerprint density at radius 1 is 0.582 bits per heavy atom. The number of ether oxygens (including phenoxy) is 1. The third-order valence-electron chi connectivity index (χ3n) is 24.7. The fourth-order valence-electron chi connectivity index (χ4n) is 20.3. The normalized spacial score (nSPS) is 49.5. The van der Waals surface area contributed by atoms with Gasteiger partial charge >= 0.3 is 0 Å². The Morgan fingerprint density at radius 2 is 1.03 bits per heavy atom. The van der Waals surface area contributed by atoms with Crippen molar-refractivity contribution in [2.75, 3.05) is 0 Å². The van der Waals surface area contributed by atoms with Crippen LogP contribution < -0.4 is 0 Å². The topological polar surface area (TPSA) is 118 Å².